The Bertz CT molecular complexity index is 517. The van der Waals surface area contributed by atoms with Crippen molar-refractivity contribution in [2.45, 2.75) is 0 Å². The second-order valence-electron chi connectivity index (χ2n) is 3.08. The summed E-state index contributed by atoms with van der Waals surface area (Å²) in [5.74, 6) is -0.725. The van der Waals surface area contributed by atoms with Gasteiger partial charge in [-0.15, -0.1) is 0 Å². The number of nitrogens with zero attached hydrogens (tertiary/aromatic N) is 1. The predicted octanol–water partition coefficient (Wildman–Crippen LogP) is 2.30. The van der Waals surface area contributed by atoms with Crippen molar-refractivity contribution in [1.82, 2.24) is 4.98 Å². The van der Waals surface area contributed by atoms with Crippen LogP contribution in [0, 0.1) is 5.82 Å². The summed E-state index contributed by atoms with van der Waals surface area (Å²) >= 11 is 0. The number of hydrogen-bond donors (Lipinski definition) is 2. The third-order valence-electron chi connectivity index (χ3n) is 1.97. The van der Waals surface area contributed by atoms with Gasteiger partial charge in [-0.3, -0.25) is 0 Å². The molecule has 0 saturated heterocycles. The number of anilines is 1. The molecule has 4 nitrogen and oxygen atoms in total. The Morgan fingerprint density at radius 1 is 1.25 bits per heavy atom. The third-order valence-corrected chi connectivity index (χ3v) is 1.97. The van der Waals surface area contributed by atoms with E-state index in [9.17, 15) is 9.50 Å². The van der Waals surface area contributed by atoms with Gasteiger partial charge in [-0.05, 0) is 24.3 Å². The van der Waals surface area contributed by atoms with Crippen molar-refractivity contribution in [2.75, 3.05) is 5.73 Å². The van der Waals surface area contributed by atoms with Gasteiger partial charge in [0, 0.05) is 6.20 Å². The number of aromatic nitrogens is 1. The molecule has 82 valence electrons. The highest BCUT2D eigenvalue weighted by atomic mass is 19.1. The molecule has 1 heterocycles. The Labute approximate surface area is 91.1 Å². The van der Waals surface area contributed by atoms with E-state index in [4.69, 9.17) is 10.5 Å². The van der Waals surface area contributed by atoms with Crippen molar-refractivity contribution in [3.63, 3.8) is 0 Å². The minimum Gasteiger partial charge on any atom is -0.506 e. The lowest BCUT2D eigenvalue weighted by atomic mass is 10.3. The van der Waals surface area contributed by atoms with Crippen molar-refractivity contribution in [2.24, 2.45) is 0 Å². The lowest BCUT2D eigenvalue weighted by Gasteiger charge is -2.08. The van der Waals surface area contributed by atoms with Crippen LogP contribution in [-0.2, 0) is 0 Å². The lowest BCUT2D eigenvalue weighted by molar-refractivity contribution is 0.419. The summed E-state index contributed by atoms with van der Waals surface area (Å²) in [5, 5.41) is 9.33. The number of phenols is 1. The van der Waals surface area contributed by atoms with Crippen LogP contribution in [-0.4, -0.2) is 10.1 Å². The molecule has 0 bridgehead atoms. The zero-order chi connectivity index (χ0) is 11.5. The molecule has 0 aliphatic rings. The summed E-state index contributed by atoms with van der Waals surface area (Å²) in [4.78, 5) is 3.71. The Kier molecular flexibility index (Phi) is 2.59. The van der Waals surface area contributed by atoms with E-state index in [1.165, 1.54) is 30.5 Å². The van der Waals surface area contributed by atoms with Crippen LogP contribution in [0.2, 0.25) is 0 Å². The molecule has 0 aliphatic heterocycles. The zero-order valence-electron chi connectivity index (χ0n) is 8.22. The number of ether oxygens (including phenoxy) is 1. The highest BCUT2D eigenvalue weighted by Gasteiger charge is 2.09. The zero-order valence-corrected chi connectivity index (χ0v) is 8.22. The number of para-hydroxylation sites is 1. The molecule has 2 rings (SSSR count). The Hall–Kier alpha value is -2.30. The van der Waals surface area contributed by atoms with Gasteiger partial charge in [-0.25, -0.2) is 9.37 Å². The molecule has 0 unspecified atom stereocenters. The Morgan fingerprint density at radius 3 is 2.81 bits per heavy atom. The van der Waals surface area contributed by atoms with Gasteiger partial charge >= 0.3 is 0 Å². The molecule has 0 saturated carbocycles. The fourth-order valence-corrected chi connectivity index (χ4v) is 1.17. The van der Waals surface area contributed by atoms with Gasteiger partial charge in [-0.2, -0.15) is 0 Å². The van der Waals surface area contributed by atoms with Crippen LogP contribution in [0.5, 0.6) is 17.4 Å². The summed E-state index contributed by atoms with van der Waals surface area (Å²) in [7, 11) is 0. The number of halogens is 1. The Morgan fingerprint density at radius 2 is 2.06 bits per heavy atom. The number of phenolic OH excluding ortho intramolecular Hbond substituents is 1. The maximum atomic E-state index is 13.2. The lowest BCUT2D eigenvalue weighted by Crippen LogP contribution is -1.95. The van der Waals surface area contributed by atoms with Gasteiger partial charge in [0.25, 0.3) is 5.88 Å². The molecule has 1 aromatic carbocycles. The molecule has 2 aromatic rings. The van der Waals surface area contributed by atoms with Crippen molar-refractivity contribution in [1.29, 1.82) is 0 Å². The number of rotatable bonds is 2. The maximum Gasteiger partial charge on any atom is 0.255 e. The number of aromatic hydroxyl groups is 1. The first-order valence-electron chi connectivity index (χ1n) is 4.54. The smallest absolute Gasteiger partial charge is 0.255 e. The van der Waals surface area contributed by atoms with Crippen LogP contribution in [0.4, 0.5) is 10.1 Å². The first-order chi connectivity index (χ1) is 7.68. The third kappa shape index (κ3) is 1.88. The van der Waals surface area contributed by atoms with Gasteiger partial charge in [0.15, 0.2) is 11.6 Å². The van der Waals surface area contributed by atoms with E-state index in [0.717, 1.165) is 0 Å². The first-order valence-corrected chi connectivity index (χ1v) is 4.54. The molecule has 0 fully saturated rings. The van der Waals surface area contributed by atoms with E-state index < -0.39 is 5.82 Å². The second-order valence-corrected chi connectivity index (χ2v) is 3.08. The molecular weight excluding hydrogens is 211 g/mol. The van der Waals surface area contributed by atoms with Crippen molar-refractivity contribution in [3.05, 3.63) is 42.3 Å². The summed E-state index contributed by atoms with van der Waals surface area (Å²) in [6.45, 7) is 0. The first kappa shape index (κ1) is 10.2. The van der Waals surface area contributed by atoms with E-state index >= 15 is 0 Å². The van der Waals surface area contributed by atoms with Gasteiger partial charge in [0.2, 0.25) is 0 Å². The molecule has 16 heavy (non-hydrogen) atoms. The number of nitrogen functional groups attached to an aromatic ring is 1. The van der Waals surface area contributed by atoms with Gasteiger partial charge in [0.1, 0.15) is 11.4 Å². The van der Waals surface area contributed by atoms with E-state index in [1.54, 1.807) is 6.07 Å². The number of benzene rings is 1. The van der Waals surface area contributed by atoms with Crippen molar-refractivity contribution >= 4 is 5.69 Å². The van der Waals surface area contributed by atoms with Gasteiger partial charge < -0.3 is 15.6 Å². The normalized spacial score (nSPS) is 10.1. The molecule has 0 atom stereocenters. The molecule has 1 aromatic heterocycles. The van der Waals surface area contributed by atoms with E-state index in [0.29, 0.717) is 0 Å². The minimum absolute atomic E-state index is 0.0487. The Balaban J connectivity index is 2.35. The van der Waals surface area contributed by atoms with Crippen LogP contribution in [0.3, 0.4) is 0 Å². The fraction of sp³-hybridized carbons (Fsp3) is 0. The summed E-state index contributed by atoms with van der Waals surface area (Å²) < 4.78 is 18.4. The summed E-state index contributed by atoms with van der Waals surface area (Å²) in [6.07, 6.45) is 1.40. The average Bonchev–Trinajstić information content (AvgIpc) is 2.28. The number of nitrogens with two attached hydrogens (primary N) is 1. The molecule has 0 radical (unpaired) electrons. The molecule has 0 spiro atoms. The predicted molar refractivity (Wildman–Crippen MR) is 56.8 cm³/mol. The van der Waals surface area contributed by atoms with Crippen molar-refractivity contribution in [3.8, 4) is 17.4 Å². The standard InChI is InChI=1S/C11H9FN2O2/c12-7-3-2-6-14-11(7)16-9-5-1-4-8(15)10(9)13/h1-6,15H,13H2. The van der Waals surface area contributed by atoms with Crippen LogP contribution in [0.1, 0.15) is 0 Å². The molecule has 3 N–H and O–H groups in total. The highest BCUT2D eigenvalue weighted by Crippen LogP contribution is 2.33. The number of pyridine rings is 1. The fourth-order valence-electron chi connectivity index (χ4n) is 1.17. The minimum atomic E-state index is -0.592. The van der Waals surface area contributed by atoms with Gasteiger partial charge in [-0.1, -0.05) is 6.07 Å². The van der Waals surface area contributed by atoms with Crippen LogP contribution in [0.25, 0.3) is 0 Å². The van der Waals surface area contributed by atoms with Crippen LogP contribution in [0.15, 0.2) is 36.5 Å². The molecule has 0 amide bonds. The topological polar surface area (TPSA) is 68.4 Å². The summed E-state index contributed by atoms with van der Waals surface area (Å²) in [5.41, 5.74) is 5.60. The highest BCUT2D eigenvalue weighted by molar-refractivity contribution is 5.62. The van der Waals surface area contributed by atoms with Crippen molar-refractivity contribution < 1.29 is 14.2 Å². The maximum absolute atomic E-state index is 13.2. The van der Waals surface area contributed by atoms with E-state index in [1.807, 2.05) is 0 Å². The summed E-state index contributed by atoms with van der Waals surface area (Å²) in [6, 6.07) is 7.15. The SMILES string of the molecule is Nc1c(O)cccc1Oc1ncccc1F. The van der Waals surface area contributed by atoms with E-state index in [-0.39, 0.29) is 23.1 Å². The quantitative estimate of drug-likeness (QED) is 0.601. The largest absolute Gasteiger partial charge is 0.506 e. The average molecular weight is 220 g/mol. The number of hydrogen-bond acceptors (Lipinski definition) is 4. The van der Waals surface area contributed by atoms with Crippen LogP contribution >= 0.6 is 0 Å². The van der Waals surface area contributed by atoms with Crippen LogP contribution < -0.4 is 10.5 Å². The molecular formula is C11H9FN2O2. The second kappa shape index (κ2) is 4.06. The molecule has 5 heteroatoms. The monoisotopic (exact) mass is 220 g/mol. The molecule has 0 aliphatic carbocycles. The van der Waals surface area contributed by atoms with Gasteiger partial charge in [0.05, 0.1) is 0 Å². The van der Waals surface area contributed by atoms with E-state index in [2.05, 4.69) is 4.98 Å².